The molecule has 0 aliphatic rings. The van der Waals surface area contributed by atoms with Crippen molar-refractivity contribution in [3.05, 3.63) is 114 Å². The van der Waals surface area contributed by atoms with Gasteiger partial charge in [-0.05, 0) is 64.5 Å². The largest absolute Gasteiger partial charge is 0.497 e. The molecule has 42 heavy (non-hydrogen) atoms. The Morgan fingerprint density at radius 3 is 2.50 bits per heavy atom. The summed E-state index contributed by atoms with van der Waals surface area (Å²) in [5.41, 5.74) is 5.08. The Morgan fingerprint density at radius 2 is 1.74 bits per heavy atom. The van der Waals surface area contributed by atoms with E-state index in [2.05, 4.69) is 47.4 Å². The van der Waals surface area contributed by atoms with Crippen molar-refractivity contribution in [1.29, 1.82) is 0 Å². The monoisotopic (exact) mass is 747 g/mol. The van der Waals surface area contributed by atoms with Crippen molar-refractivity contribution in [2.75, 3.05) is 7.11 Å². The molecule has 0 spiro atoms. The second kappa shape index (κ2) is 12.9. The molecule has 4 aromatic carbocycles. The molecule has 0 unspecified atom stereocenters. The molecule has 212 valence electrons. The van der Waals surface area contributed by atoms with E-state index in [4.69, 9.17) is 44.3 Å². The third-order valence-electron chi connectivity index (χ3n) is 6.09. The number of hydrogen-bond acceptors (Lipinski definition) is 5. The third-order valence-corrected chi connectivity index (χ3v) is 7.98. The first-order valence-corrected chi connectivity index (χ1v) is 14.8. The van der Waals surface area contributed by atoms with Gasteiger partial charge in [0.2, 0.25) is 0 Å². The quantitative estimate of drug-likeness (QED) is 0.0751. The fourth-order valence-electron chi connectivity index (χ4n) is 4.25. The van der Waals surface area contributed by atoms with Gasteiger partial charge in [0.25, 0.3) is 5.91 Å². The molecule has 0 radical (unpaired) electrons. The number of H-pyrrole nitrogens is 1. The molecule has 0 bridgehead atoms. The highest BCUT2D eigenvalue weighted by Crippen LogP contribution is 2.41. The van der Waals surface area contributed by atoms with Crippen LogP contribution in [0.5, 0.6) is 11.5 Å². The molecular weight excluding hydrogens is 733 g/mol. The highest BCUT2D eigenvalue weighted by molar-refractivity contribution is 9.11. The van der Waals surface area contributed by atoms with Crippen LogP contribution in [-0.4, -0.2) is 30.2 Å². The van der Waals surface area contributed by atoms with E-state index in [0.717, 1.165) is 0 Å². The molecule has 1 heterocycles. The lowest BCUT2D eigenvalue weighted by molar-refractivity contribution is 0.0732. The van der Waals surface area contributed by atoms with Crippen LogP contribution in [0.15, 0.2) is 86.8 Å². The SMILES string of the molecule is COc1cccc(C(=O)Oc2c(Br)cc(Br)cc2C=NNC(=O)c2[nH]c3cc(Cl)cc(Cl)c3c2-c2ccccc2Cl)c1. The zero-order valence-electron chi connectivity index (χ0n) is 21.5. The molecule has 7 nitrogen and oxygen atoms in total. The number of carbonyl (C=O) groups is 2. The fraction of sp³-hybridized carbons (Fsp3) is 0.0333. The van der Waals surface area contributed by atoms with Gasteiger partial charge in [0.1, 0.15) is 11.4 Å². The van der Waals surface area contributed by atoms with Crippen LogP contribution in [0.2, 0.25) is 15.1 Å². The minimum atomic E-state index is -0.603. The summed E-state index contributed by atoms with van der Waals surface area (Å²) in [7, 11) is 1.51. The maximum absolute atomic E-state index is 13.5. The minimum Gasteiger partial charge on any atom is -0.497 e. The van der Waals surface area contributed by atoms with Crippen LogP contribution in [0.3, 0.4) is 0 Å². The predicted octanol–water partition coefficient (Wildman–Crippen LogP) is 9.31. The molecular formula is C30H18Br2Cl3N3O4. The van der Waals surface area contributed by atoms with Gasteiger partial charge in [0.15, 0.2) is 5.75 Å². The Bertz CT molecular complexity index is 1890. The number of aromatic amines is 1. The number of hydrazone groups is 1. The van der Waals surface area contributed by atoms with E-state index in [9.17, 15) is 9.59 Å². The highest BCUT2D eigenvalue weighted by Gasteiger charge is 2.23. The number of amides is 1. The average molecular weight is 751 g/mol. The topological polar surface area (TPSA) is 92.8 Å². The zero-order chi connectivity index (χ0) is 30.0. The van der Waals surface area contributed by atoms with Crippen molar-refractivity contribution in [1.82, 2.24) is 10.4 Å². The van der Waals surface area contributed by atoms with Crippen LogP contribution in [0, 0.1) is 0 Å². The number of carbonyl (C=O) groups excluding carboxylic acids is 2. The highest BCUT2D eigenvalue weighted by atomic mass is 79.9. The first-order valence-electron chi connectivity index (χ1n) is 12.1. The summed E-state index contributed by atoms with van der Waals surface area (Å²) in [6.45, 7) is 0. The van der Waals surface area contributed by atoms with E-state index in [-0.39, 0.29) is 11.4 Å². The molecule has 0 aliphatic heterocycles. The molecule has 0 saturated carbocycles. The Morgan fingerprint density at radius 1 is 0.952 bits per heavy atom. The van der Waals surface area contributed by atoms with Gasteiger partial charge < -0.3 is 14.5 Å². The molecule has 0 atom stereocenters. The lowest BCUT2D eigenvalue weighted by Gasteiger charge is -2.11. The number of methoxy groups -OCH3 is 1. The summed E-state index contributed by atoms with van der Waals surface area (Å²) >= 11 is 26.2. The zero-order valence-corrected chi connectivity index (χ0v) is 26.9. The first-order chi connectivity index (χ1) is 20.2. The van der Waals surface area contributed by atoms with Crippen molar-refractivity contribution < 1.29 is 19.1 Å². The molecule has 2 N–H and O–H groups in total. The van der Waals surface area contributed by atoms with Gasteiger partial charge in [-0.3, -0.25) is 4.79 Å². The second-order valence-corrected chi connectivity index (χ2v) is 11.8. The van der Waals surface area contributed by atoms with E-state index >= 15 is 0 Å². The molecule has 5 rings (SSSR count). The maximum atomic E-state index is 13.5. The number of aromatic nitrogens is 1. The molecule has 12 heteroatoms. The number of fused-ring (bicyclic) bond motifs is 1. The first kappa shape index (κ1) is 30.1. The fourth-order valence-corrected chi connectivity index (χ4v) is 6.41. The standard InChI is InChI=1S/C30H18Br2Cl3N3O4/c1-41-19-6-4-5-15(10-19)30(40)42-28-16(9-17(31)11-21(28)32)14-36-38-29(39)27-25(20-7-2-3-8-22(20)34)26-23(35)12-18(33)13-24(26)37-27/h2-14,37H,1H3,(H,38,39). The lowest BCUT2D eigenvalue weighted by Crippen LogP contribution is -2.19. The Balaban J connectivity index is 1.47. The van der Waals surface area contributed by atoms with Crippen molar-refractivity contribution in [2.45, 2.75) is 0 Å². The van der Waals surface area contributed by atoms with Crippen molar-refractivity contribution in [3.63, 3.8) is 0 Å². The molecule has 1 amide bonds. The summed E-state index contributed by atoms with van der Waals surface area (Å²) in [4.78, 5) is 29.5. The maximum Gasteiger partial charge on any atom is 0.343 e. The van der Waals surface area contributed by atoms with E-state index < -0.39 is 11.9 Å². The summed E-state index contributed by atoms with van der Waals surface area (Å²) in [5.74, 6) is -0.449. The Labute approximate surface area is 272 Å². The van der Waals surface area contributed by atoms with Crippen molar-refractivity contribution in [3.8, 4) is 22.6 Å². The smallest absolute Gasteiger partial charge is 0.343 e. The summed E-state index contributed by atoms with van der Waals surface area (Å²) in [6, 6.07) is 20.4. The predicted molar refractivity (Wildman–Crippen MR) is 174 cm³/mol. The third kappa shape index (κ3) is 6.35. The Kier molecular flexibility index (Phi) is 9.25. The van der Waals surface area contributed by atoms with Crippen LogP contribution < -0.4 is 14.9 Å². The summed E-state index contributed by atoms with van der Waals surface area (Å²) < 4.78 is 12.1. The normalized spacial score (nSPS) is 11.2. The van der Waals surface area contributed by atoms with Gasteiger partial charge in [-0.1, -0.05) is 75.0 Å². The van der Waals surface area contributed by atoms with Crippen LogP contribution >= 0.6 is 66.7 Å². The number of halogens is 5. The van der Waals surface area contributed by atoms with Crippen LogP contribution in [-0.2, 0) is 0 Å². The molecule has 0 saturated heterocycles. The lowest BCUT2D eigenvalue weighted by atomic mass is 10.0. The van der Waals surface area contributed by atoms with Crippen molar-refractivity contribution in [2.24, 2.45) is 5.10 Å². The van der Waals surface area contributed by atoms with Crippen LogP contribution in [0.25, 0.3) is 22.0 Å². The number of benzene rings is 4. The Hall–Kier alpha value is -3.34. The minimum absolute atomic E-state index is 0.180. The van der Waals surface area contributed by atoms with Crippen LogP contribution in [0.4, 0.5) is 0 Å². The van der Waals surface area contributed by atoms with E-state index in [0.29, 0.717) is 62.9 Å². The number of nitrogens with one attached hydrogen (secondary N) is 2. The van der Waals surface area contributed by atoms with Gasteiger partial charge in [-0.15, -0.1) is 0 Å². The number of ether oxygens (including phenoxy) is 2. The van der Waals surface area contributed by atoms with Gasteiger partial charge in [-0.2, -0.15) is 5.10 Å². The molecule has 0 fully saturated rings. The summed E-state index contributed by atoms with van der Waals surface area (Å²) in [5, 5.41) is 5.93. The van der Waals surface area contributed by atoms with Gasteiger partial charge in [0.05, 0.1) is 28.4 Å². The summed E-state index contributed by atoms with van der Waals surface area (Å²) in [6.07, 6.45) is 1.36. The number of hydrogen-bond donors (Lipinski definition) is 2. The van der Waals surface area contributed by atoms with E-state index in [1.807, 2.05) is 6.07 Å². The second-order valence-electron chi connectivity index (χ2n) is 8.79. The van der Waals surface area contributed by atoms with Gasteiger partial charge in [0, 0.05) is 42.1 Å². The van der Waals surface area contributed by atoms with Gasteiger partial charge >= 0.3 is 5.97 Å². The number of rotatable bonds is 7. The van der Waals surface area contributed by atoms with E-state index in [1.54, 1.807) is 66.7 Å². The molecule has 1 aromatic heterocycles. The van der Waals surface area contributed by atoms with Crippen LogP contribution in [0.1, 0.15) is 26.4 Å². The van der Waals surface area contributed by atoms with Crippen molar-refractivity contribution >= 4 is 95.7 Å². The molecule has 0 aliphatic carbocycles. The van der Waals surface area contributed by atoms with Gasteiger partial charge in [-0.25, -0.2) is 10.2 Å². The molecule has 5 aromatic rings. The number of nitrogens with zero attached hydrogens (tertiary/aromatic N) is 1. The number of esters is 1. The average Bonchev–Trinajstić information content (AvgIpc) is 3.34. The van der Waals surface area contributed by atoms with E-state index in [1.165, 1.54) is 13.3 Å².